The molecular formula is C22H37N3O5. The lowest BCUT2D eigenvalue weighted by atomic mass is 9.92. The van der Waals surface area contributed by atoms with Gasteiger partial charge in [-0.1, -0.05) is 39.8 Å². The number of rotatable bonds is 9. The molecule has 30 heavy (non-hydrogen) atoms. The minimum Gasteiger partial charge on any atom is -0.473 e. The smallest absolute Gasteiger partial charge is 0.414 e. The van der Waals surface area contributed by atoms with E-state index in [-0.39, 0.29) is 17.4 Å². The molecule has 1 rings (SSSR count). The first-order valence-electron chi connectivity index (χ1n) is 10.0. The standard InChI is InChI=1S/C20H35N3O.C2H2O4/c1-8-15(2)17-9-11-18(12-10-17)22-19(24)16(3)21-13-20(4,5)14-23(6)7;3-1(4)2(5)6/h9-12,15-16,21H,8,13-14H2,1-7H3,(H,22,24);(H,3,4)(H,5,6). The Morgan fingerprint density at radius 2 is 1.53 bits per heavy atom. The van der Waals surface area contributed by atoms with E-state index in [4.69, 9.17) is 19.8 Å². The Balaban J connectivity index is 0.00000122. The Kier molecular flexibility index (Phi) is 11.9. The number of hydrogen-bond acceptors (Lipinski definition) is 5. The second-order valence-corrected chi connectivity index (χ2v) is 8.54. The monoisotopic (exact) mass is 423 g/mol. The number of carboxylic acid groups (broad SMARTS) is 2. The van der Waals surface area contributed by atoms with Gasteiger partial charge >= 0.3 is 11.9 Å². The fourth-order valence-corrected chi connectivity index (χ4v) is 2.82. The summed E-state index contributed by atoms with van der Waals surface area (Å²) in [6, 6.07) is 7.95. The molecule has 0 radical (unpaired) electrons. The van der Waals surface area contributed by atoms with E-state index in [0.29, 0.717) is 5.92 Å². The molecule has 170 valence electrons. The van der Waals surface area contributed by atoms with E-state index in [2.05, 4.69) is 69.5 Å². The number of anilines is 1. The molecule has 8 heteroatoms. The molecule has 1 aromatic rings. The van der Waals surface area contributed by atoms with Crippen molar-refractivity contribution >= 4 is 23.5 Å². The summed E-state index contributed by atoms with van der Waals surface area (Å²) in [7, 11) is 4.14. The lowest BCUT2D eigenvalue weighted by Gasteiger charge is -2.29. The van der Waals surface area contributed by atoms with Crippen molar-refractivity contribution in [2.24, 2.45) is 5.41 Å². The van der Waals surface area contributed by atoms with Crippen LogP contribution in [0, 0.1) is 5.41 Å². The highest BCUT2D eigenvalue weighted by atomic mass is 16.4. The quantitative estimate of drug-likeness (QED) is 0.451. The van der Waals surface area contributed by atoms with Crippen LogP contribution in [0.1, 0.15) is 52.5 Å². The molecule has 0 aromatic heterocycles. The van der Waals surface area contributed by atoms with Gasteiger partial charge in [0.15, 0.2) is 0 Å². The molecule has 8 nitrogen and oxygen atoms in total. The number of carbonyl (C=O) groups is 3. The molecule has 0 bridgehead atoms. The number of carbonyl (C=O) groups excluding carboxylic acids is 1. The first-order valence-corrected chi connectivity index (χ1v) is 10.0. The maximum absolute atomic E-state index is 12.3. The Morgan fingerprint density at radius 3 is 1.93 bits per heavy atom. The van der Waals surface area contributed by atoms with Crippen molar-refractivity contribution in [2.45, 2.75) is 53.0 Å². The first kappa shape index (κ1) is 27.5. The van der Waals surface area contributed by atoms with Gasteiger partial charge in [0.2, 0.25) is 5.91 Å². The molecule has 0 heterocycles. The molecule has 0 spiro atoms. The SMILES string of the molecule is CCC(C)c1ccc(NC(=O)C(C)NCC(C)(C)CN(C)C)cc1.O=C(O)C(=O)O. The zero-order valence-corrected chi connectivity index (χ0v) is 19.2. The summed E-state index contributed by atoms with van der Waals surface area (Å²) in [5.41, 5.74) is 2.29. The number of hydrogen-bond donors (Lipinski definition) is 4. The summed E-state index contributed by atoms with van der Waals surface area (Å²) in [4.78, 5) is 32.7. The molecule has 0 saturated carbocycles. The summed E-state index contributed by atoms with van der Waals surface area (Å²) in [6.07, 6.45) is 1.12. The average molecular weight is 424 g/mol. The Morgan fingerprint density at radius 1 is 1.03 bits per heavy atom. The van der Waals surface area contributed by atoms with Crippen molar-refractivity contribution in [2.75, 3.05) is 32.5 Å². The topological polar surface area (TPSA) is 119 Å². The average Bonchev–Trinajstić information content (AvgIpc) is 2.65. The van der Waals surface area contributed by atoms with Crippen molar-refractivity contribution in [3.8, 4) is 0 Å². The number of nitrogens with one attached hydrogen (secondary N) is 2. The third-order valence-corrected chi connectivity index (χ3v) is 4.57. The Bertz CT molecular complexity index is 675. The van der Waals surface area contributed by atoms with Crippen molar-refractivity contribution < 1.29 is 24.6 Å². The lowest BCUT2D eigenvalue weighted by molar-refractivity contribution is -0.159. The van der Waals surface area contributed by atoms with Crippen LogP contribution in [0.2, 0.25) is 0 Å². The molecule has 0 aliphatic heterocycles. The third-order valence-electron chi connectivity index (χ3n) is 4.57. The van der Waals surface area contributed by atoms with Crippen LogP contribution in [-0.2, 0) is 14.4 Å². The molecule has 1 amide bonds. The second-order valence-electron chi connectivity index (χ2n) is 8.54. The van der Waals surface area contributed by atoms with Gasteiger partial charge in [0, 0.05) is 18.8 Å². The predicted octanol–water partition coefficient (Wildman–Crippen LogP) is 2.86. The van der Waals surface area contributed by atoms with Crippen molar-refractivity contribution in [3.63, 3.8) is 0 Å². The summed E-state index contributed by atoms with van der Waals surface area (Å²) in [5.74, 6) is -3.09. The van der Waals surface area contributed by atoms with Crippen LogP contribution in [0.3, 0.4) is 0 Å². The first-order chi connectivity index (χ1) is 13.8. The Hall–Kier alpha value is -2.45. The largest absolute Gasteiger partial charge is 0.473 e. The van der Waals surface area contributed by atoms with Crippen LogP contribution in [-0.4, -0.2) is 66.2 Å². The van der Waals surface area contributed by atoms with Gasteiger partial charge in [0.25, 0.3) is 0 Å². The van der Waals surface area contributed by atoms with Crippen molar-refractivity contribution in [1.82, 2.24) is 10.2 Å². The normalized spacial score (nSPS) is 13.1. The zero-order chi connectivity index (χ0) is 23.5. The van der Waals surface area contributed by atoms with E-state index < -0.39 is 11.9 Å². The van der Waals surface area contributed by atoms with E-state index in [1.54, 1.807) is 0 Å². The highest BCUT2D eigenvalue weighted by Crippen LogP contribution is 2.20. The van der Waals surface area contributed by atoms with Gasteiger partial charge < -0.3 is 25.7 Å². The maximum Gasteiger partial charge on any atom is 0.414 e. The summed E-state index contributed by atoms with van der Waals surface area (Å²) >= 11 is 0. The summed E-state index contributed by atoms with van der Waals surface area (Å²) < 4.78 is 0. The molecule has 0 aliphatic rings. The maximum atomic E-state index is 12.3. The van der Waals surface area contributed by atoms with Crippen LogP contribution in [0.4, 0.5) is 5.69 Å². The van der Waals surface area contributed by atoms with E-state index in [0.717, 1.165) is 25.2 Å². The number of benzene rings is 1. The van der Waals surface area contributed by atoms with Gasteiger partial charge in [-0.25, -0.2) is 9.59 Å². The molecule has 2 unspecified atom stereocenters. The molecule has 1 aromatic carbocycles. The summed E-state index contributed by atoms with van der Waals surface area (Å²) in [5, 5.41) is 21.1. The van der Waals surface area contributed by atoms with Crippen molar-refractivity contribution in [1.29, 1.82) is 0 Å². The van der Waals surface area contributed by atoms with Crippen LogP contribution in [0.15, 0.2) is 24.3 Å². The number of amides is 1. The van der Waals surface area contributed by atoms with Crippen LogP contribution >= 0.6 is 0 Å². The van der Waals surface area contributed by atoms with Gasteiger partial charge in [-0.05, 0) is 56.5 Å². The summed E-state index contributed by atoms with van der Waals surface area (Å²) in [6.45, 7) is 12.5. The molecular weight excluding hydrogens is 386 g/mol. The van der Waals surface area contributed by atoms with Gasteiger partial charge in [-0.15, -0.1) is 0 Å². The minimum atomic E-state index is -1.82. The Labute approximate surface area is 179 Å². The van der Waals surface area contributed by atoms with Gasteiger partial charge in [-0.3, -0.25) is 4.79 Å². The number of carboxylic acids is 2. The van der Waals surface area contributed by atoms with Crippen LogP contribution in [0.25, 0.3) is 0 Å². The highest BCUT2D eigenvalue weighted by Gasteiger charge is 2.21. The lowest BCUT2D eigenvalue weighted by Crippen LogP contribution is -2.45. The molecule has 0 fully saturated rings. The van der Waals surface area contributed by atoms with E-state index >= 15 is 0 Å². The molecule has 4 N–H and O–H groups in total. The van der Waals surface area contributed by atoms with Crippen LogP contribution < -0.4 is 10.6 Å². The fourth-order valence-electron chi connectivity index (χ4n) is 2.82. The van der Waals surface area contributed by atoms with Gasteiger partial charge in [-0.2, -0.15) is 0 Å². The second kappa shape index (κ2) is 13.0. The van der Waals surface area contributed by atoms with Gasteiger partial charge in [0.05, 0.1) is 6.04 Å². The zero-order valence-electron chi connectivity index (χ0n) is 19.2. The van der Waals surface area contributed by atoms with E-state index in [1.807, 2.05) is 19.1 Å². The number of nitrogens with zero attached hydrogens (tertiary/aromatic N) is 1. The highest BCUT2D eigenvalue weighted by molar-refractivity contribution is 6.27. The van der Waals surface area contributed by atoms with Gasteiger partial charge in [0.1, 0.15) is 0 Å². The molecule has 2 atom stereocenters. The van der Waals surface area contributed by atoms with E-state index in [1.165, 1.54) is 5.56 Å². The predicted molar refractivity (Wildman–Crippen MR) is 119 cm³/mol. The molecule has 0 saturated heterocycles. The fraction of sp³-hybridized carbons (Fsp3) is 0.591. The third kappa shape index (κ3) is 11.5. The molecule has 0 aliphatic carbocycles. The van der Waals surface area contributed by atoms with E-state index in [9.17, 15) is 4.79 Å². The van der Waals surface area contributed by atoms with Crippen molar-refractivity contribution in [3.05, 3.63) is 29.8 Å². The number of aliphatic carboxylic acids is 2. The minimum absolute atomic E-state index is 0.00643. The van der Waals surface area contributed by atoms with Crippen LogP contribution in [0.5, 0.6) is 0 Å².